The van der Waals surface area contributed by atoms with Crippen molar-refractivity contribution in [1.29, 1.82) is 0 Å². The van der Waals surface area contributed by atoms with E-state index in [2.05, 4.69) is 0 Å². The van der Waals surface area contributed by atoms with Gasteiger partial charge in [0.2, 0.25) is 0 Å². The molecule has 0 spiro atoms. The van der Waals surface area contributed by atoms with Gasteiger partial charge in [-0.1, -0.05) is 35.8 Å². The molecule has 0 saturated heterocycles. The van der Waals surface area contributed by atoms with Gasteiger partial charge in [-0.25, -0.2) is 0 Å². The van der Waals surface area contributed by atoms with Crippen LogP contribution in [0.25, 0.3) is 0 Å². The standard InChI is InChI=1S/C11H14BO2.2H2O/c1-11(2,3)14-10(13)12-9-7-5-4-6-8-9;;/h4-8H,1-3H3;2*1H2. The van der Waals surface area contributed by atoms with E-state index in [1.807, 2.05) is 51.1 Å². The zero-order valence-electron chi connectivity index (χ0n) is 9.78. The summed E-state index contributed by atoms with van der Waals surface area (Å²) in [4.78, 5) is 11.4. The number of ether oxygens (including phenoxy) is 1. The molecule has 0 saturated carbocycles. The summed E-state index contributed by atoms with van der Waals surface area (Å²) in [6.45, 7) is 5.55. The number of rotatable bonds is 2. The predicted octanol–water partition coefficient (Wildman–Crippen LogP) is 0.302. The highest BCUT2D eigenvalue weighted by atomic mass is 16.5. The quantitative estimate of drug-likeness (QED) is 0.677. The molecule has 1 rings (SSSR count). The molecule has 0 atom stereocenters. The Morgan fingerprint density at radius 1 is 1.12 bits per heavy atom. The largest absolute Gasteiger partial charge is 0.468 e. The van der Waals surface area contributed by atoms with Crippen LogP contribution in [0.4, 0.5) is 4.79 Å². The van der Waals surface area contributed by atoms with Gasteiger partial charge in [0, 0.05) is 0 Å². The van der Waals surface area contributed by atoms with Crippen LogP contribution >= 0.6 is 0 Å². The number of carbonyl (C=O) groups excluding carboxylic acids is 1. The first-order valence-corrected chi connectivity index (χ1v) is 4.60. The summed E-state index contributed by atoms with van der Waals surface area (Å²) < 4.78 is 5.15. The third kappa shape index (κ3) is 7.03. The SMILES string of the molecule is CC(C)(C)OC(=O)[B]c1ccccc1.O.O. The molecule has 1 aromatic carbocycles. The van der Waals surface area contributed by atoms with Crippen molar-refractivity contribution in [3.8, 4) is 0 Å². The van der Waals surface area contributed by atoms with E-state index < -0.39 is 5.60 Å². The summed E-state index contributed by atoms with van der Waals surface area (Å²) in [6, 6.07) is 9.41. The van der Waals surface area contributed by atoms with E-state index in [1.54, 1.807) is 0 Å². The van der Waals surface area contributed by atoms with Crippen LogP contribution < -0.4 is 5.46 Å². The molecule has 16 heavy (non-hydrogen) atoms. The van der Waals surface area contributed by atoms with Crippen molar-refractivity contribution in [1.82, 2.24) is 0 Å². The Morgan fingerprint density at radius 3 is 2.06 bits per heavy atom. The topological polar surface area (TPSA) is 89.3 Å². The van der Waals surface area contributed by atoms with E-state index in [-0.39, 0.29) is 16.8 Å². The summed E-state index contributed by atoms with van der Waals surface area (Å²) in [5, 5.41) is 0. The number of hydrogen-bond donors (Lipinski definition) is 0. The minimum Gasteiger partial charge on any atom is -0.468 e. The highest BCUT2D eigenvalue weighted by molar-refractivity contribution is 6.82. The van der Waals surface area contributed by atoms with Gasteiger partial charge >= 0.3 is 0 Å². The lowest BCUT2D eigenvalue weighted by Gasteiger charge is -2.19. The molecule has 0 aromatic heterocycles. The molecule has 1 aromatic rings. The summed E-state index contributed by atoms with van der Waals surface area (Å²) in [6.07, 6.45) is 0. The summed E-state index contributed by atoms with van der Waals surface area (Å²) >= 11 is 0. The summed E-state index contributed by atoms with van der Waals surface area (Å²) in [7, 11) is 1.49. The first kappa shape index (κ1) is 17.1. The fourth-order valence-corrected chi connectivity index (χ4v) is 1.02. The number of carbonyl (C=O) groups is 1. The van der Waals surface area contributed by atoms with Gasteiger partial charge in [0.1, 0.15) is 5.60 Å². The molecule has 5 heteroatoms. The van der Waals surface area contributed by atoms with Gasteiger partial charge in [0.05, 0.1) is 0 Å². The molecule has 89 valence electrons. The lowest BCUT2D eigenvalue weighted by Crippen LogP contribution is -2.31. The zero-order chi connectivity index (χ0) is 10.6. The van der Waals surface area contributed by atoms with Crippen LogP contribution in [-0.2, 0) is 4.74 Å². The van der Waals surface area contributed by atoms with Gasteiger partial charge < -0.3 is 15.7 Å². The van der Waals surface area contributed by atoms with Crippen molar-refractivity contribution < 1.29 is 20.5 Å². The molecule has 0 aliphatic carbocycles. The normalized spacial score (nSPS) is 9.44. The molecule has 0 aliphatic rings. The second-order valence-electron chi connectivity index (χ2n) is 4.09. The van der Waals surface area contributed by atoms with Gasteiger partial charge in [0.25, 0.3) is 13.1 Å². The highest BCUT2D eigenvalue weighted by Crippen LogP contribution is 2.06. The average molecular weight is 225 g/mol. The smallest absolute Gasteiger partial charge is 0.299 e. The van der Waals surface area contributed by atoms with Gasteiger partial charge in [-0.05, 0) is 20.8 Å². The van der Waals surface area contributed by atoms with Crippen LogP contribution in [0.15, 0.2) is 30.3 Å². The van der Waals surface area contributed by atoms with E-state index in [9.17, 15) is 4.79 Å². The first-order valence-electron chi connectivity index (χ1n) is 4.60. The fraction of sp³-hybridized carbons (Fsp3) is 0.364. The van der Waals surface area contributed by atoms with E-state index in [0.29, 0.717) is 0 Å². The van der Waals surface area contributed by atoms with Crippen LogP contribution in [0.1, 0.15) is 20.8 Å². The zero-order valence-corrected chi connectivity index (χ0v) is 9.78. The van der Waals surface area contributed by atoms with E-state index in [4.69, 9.17) is 4.74 Å². The molecule has 0 aliphatic heterocycles. The second kappa shape index (κ2) is 7.03. The van der Waals surface area contributed by atoms with Gasteiger partial charge in [0.15, 0.2) is 0 Å². The molecule has 0 unspecified atom stereocenters. The van der Waals surface area contributed by atoms with Crippen molar-refractivity contribution in [3.05, 3.63) is 30.3 Å². The number of hydrogen-bond acceptors (Lipinski definition) is 2. The van der Waals surface area contributed by atoms with E-state index in [1.165, 1.54) is 7.28 Å². The molecule has 4 nitrogen and oxygen atoms in total. The number of benzene rings is 1. The van der Waals surface area contributed by atoms with Crippen LogP contribution in [0.3, 0.4) is 0 Å². The average Bonchev–Trinajstić information content (AvgIpc) is 2.02. The lowest BCUT2D eigenvalue weighted by atomic mass is 9.70. The maximum atomic E-state index is 11.4. The van der Waals surface area contributed by atoms with Crippen LogP contribution in [0.5, 0.6) is 0 Å². The molecule has 0 fully saturated rings. The Bertz CT molecular complexity index is 306. The Morgan fingerprint density at radius 2 is 1.62 bits per heavy atom. The second-order valence-corrected chi connectivity index (χ2v) is 4.09. The molecular weight excluding hydrogens is 207 g/mol. The van der Waals surface area contributed by atoms with Crippen molar-refractivity contribution in [2.45, 2.75) is 26.4 Å². The van der Waals surface area contributed by atoms with Crippen LogP contribution in [0.2, 0.25) is 0 Å². The van der Waals surface area contributed by atoms with Crippen LogP contribution in [-0.4, -0.2) is 29.7 Å². The molecule has 0 heterocycles. The van der Waals surface area contributed by atoms with E-state index in [0.717, 1.165) is 5.46 Å². The highest BCUT2D eigenvalue weighted by Gasteiger charge is 2.17. The van der Waals surface area contributed by atoms with Crippen LogP contribution in [0, 0.1) is 0 Å². The molecule has 4 N–H and O–H groups in total. The first-order chi connectivity index (χ1) is 6.47. The monoisotopic (exact) mass is 225 g/mol. The Labute approximate surface area is 96.5 Å². The van der Waals surface area contributed by atoms with Gasteiger partial charge in [-0.15, -0.1) is 0 Å². The lowest BCUT2D eigenvalue weighted by molar-refractivity contribution is 0.0720. The van der Waals surface area contributed by atoms with Crippen molar-refractivity contribution in [2.75, 3.05) is 0 Å². The van der Waals surface area contributed by atoms with Crippen molar-refractivity contribution in [3.63, 3.8) is 0 Å². The molecule has 1 radical (unpaired) electrons. The molecule has 0 bridgehead atoms. The Kier molecular flexibility index (Phi) is 7.51. The third-order valence-electron chi connectivity index (χ3n) is 1.49. The van der Waals surface area contributed by atoms with Gasteiger partial charge in [-0.3, -0.25) is 4.79 Å². The minimum absolute atomic E-state index is 0. The minimum atomic E-state index is -0.428. The van der Waals surface area contributed by atoms with Crippen molar-refractivity contribution in [2.24, 2.45) is 0 Å². The third-order valence-corrected chi connectivity index (χ3v) is 1.49. The fourth-order valence-electron chi connectivity index (χ4n) is 1.02. The molecular formula is C11H18BO4. The Hall–Kier alpha value is -1.33. The van der Waals surface area contributed by atoms with E-state index >= 15 is 0 Å². The van der Waals surface area contributed by atoms with Gasteiger partial charge in [-0.2, -0.15) is 0 Å². The maximum absolute atomic E-state index is 11.4. The summed E-state index contributed by atoms with van der Waals surface area (Å²) in [5.74, 6) is -0.302. The summed E-state index contributed by atoms with van der Waals surface area (Å²) in [5.41, 5.74) is 0.435. The predicted molar refractivity (Wildman–Crippen MR) is 65.3 cm³/mol. The maximum Gasteiger partial charge on any atom is 0.299 e. The Balaban J connectivity index is 0. The van der Waals surface area contributed by atoms with Crippen molar-refractivity contribution >= 4 is 18.6 Å². The molecule has 0 amide bonds.